The molecule has 0 amide bonds. The quantitative estimate of drug-likeness (QED) is 0.852. The number of aromatic nitrogens is 3. The first-order chi connectivity index (χ1) is 10.0. The monoisotopic (exact) mass is 293 g/mol. The van der Waals surface area contributed by atoms with Crippen LogP contribution in [0.2, 0.25) is 0 Å². The number of hydrogen-bond acceptors (Lipinski definition) is 7. The minimum absolute atomic E-state index is 0.165. The van der Waals surface area contributed by atoms with Crippen LogP contribution in [0.15, 0.2) is 0 Å². The van der Waals surface area contributed by atoms with Gasteiger partial charge in [-0.25, -0.2) is 0 Å². The van der Waals surface area contributed by atoms with Crippen molar-refractivity contribution in [1.29, 1.82) is 0 Å². The molecule has 1 aliphatic rings. The van der Waals surface area contributed by atoms with Gasteiger partial charge in [-0.3, -0.25) is 4.90 Å². The SMILES string of the molecule is CCCN1CCN([C@@H](C)c2nc(N)nc(N(C)C)n2)CC1. The van der Waals surface area contributed by atoms with Crippen LogP contribution in [-0.4, -0.2) is 71.6 Å². The van der Waals surface area contributed by atoms with Crippen molar-refractivity contribution in [2.45, 2.75) is 26.3 Å². The molecule has 1 fully saturated rings. The molecule has 7 nitrogen and oxygen atoms in total. The van der Waals surface area contributed by atoms with Crippen molar-refractivity contribution < 1.29 is 0 Å². The van der Waals surface area contributed by atoms with E-state index in [9.17, 15) is 0 Å². The van der Waals surface area contributed by atoms with Crippen molar-refractivity contribution in [1.82, 2.24) is 24.8 Å². The van der Waals surface area contributed by atoms with Gasteiger partial charge in [0.1, 0.15) is 0 Å². The minimum Gasteiger partial charge on any atom is -0.368 e. The molecule has 0 radical (unpaired) electrons. The molecule has 0 spiro atoms. The van der Waals surface area contributed by atoms with Crippen molar-refractivity contribution in [2.75, 3.05) is 57.5 Å². The van der Waals surface area contributed by atoms with Gasteiger partial charge in [-0.2, -0.15) is 15.0 Å². The molecule has 2 N–H and O–H groups in total. The maximum Gasteiger partial charge on any atom is 0.229 e. The number of nitrogens with two attached hydrogens (primary N) is 1. The molecule has 1 aliphatic heterocycles. The molecule has 1 saturated heterocycles. The fourth-order valence-corrected chi connectivity index (χ4v) is 2.64. The van der Waals surface area contributed by atoms with E-state index in [-0.39, 0.29) is 6.04 Å². The summed E-state index contributed by atoms with van der Waals surface area (Å²) in [6, 6.07) is 0.165. The van der Waals surface area contributed by atoms with Crippen LogP contribution in [0.1, 0.15) is 32.1 Å². The maximum atomic E-state index is 5.81. The van der Waals surface area contributed by atoms with Crippen LogP contribution < -0.4 is 10.6 Å². The highest BCUT2D eigenvalue weighted by molar-refractivity contribution is 5.33. The Kier molecular flexibility index (Phi) is 5.30. The van der Waals surface area contributed by atoms with Crippen LogP contribution in [0.4, 0.5) is 11.9 Å². The largest absolute Gasteiger partial charge is 0.368 e. The summed E-state index contributed by atoms with van der Waals surface area (Å²) in [6.07, 6.45) is 1.21. The molecule has 1 aromatic heterocycles. The molecule has 1 atom stereocenters. The summed E-state index contributed by atoms with van der Waals surface area (Å²) < 4.78 is 0. The first-order valence-electron chi connectivity index (χ1n) is 7.66. The van der Waals surface area contributed by atoms with E-state index in [0.29, 0.717) is 11.9 Å². The molecule has 118 valence electrons. The third-order valence-corrected chi connectivity index (χ3v) is 3.93. The summed E-state index contributed by atoms with van der Waals surface area (Å²) in [5.41, 5.74) is 5.81. The highest BCUT2D eigenvalue weighted by Gasteiger charge is 2.24. The van der Waals surface area contributed by atoms with Gasteiger partial charge in [0.25, 0.3) is 0 Å². The van der Waals surface area contributed by atoms with Gasteiger partial charge in [-0.15, -0.1) is 0 Å². The normalized spacial score (nSPS) is 18.7. The first kappa shape index (κ1) is 15.9. The fraction of sp³-hybridized carbons (Fsp3) is 0.786. The topological polar surface area (TPSA) is 74.4 Å². The average Bonchev–Trinajstić information content (AvgIpc) is 2.47. The molecule has 1 aromatic rings. The zero-order valence-corrected chi connectivity index (χ0v) is 13.6. The van der Waals surface area contributed by atoms with Crippen LogP contribution in [0.25, 0.3) is 0 Å². The lowest BCUT2D eigenvalue weighted by Gasteiger charge is -2.37. The molecule has 0 aliphatic carbocycles. The van der Waals surface area contributed by atoms with Crippen LogP contribution in [0.3, 0.4) is 0 Å². The summed E-state index contributed by atoms with van der Waals surface area (Å²) in [5, 5.41) is 0. The molecular weight excluding hydrogens is 266 g/mol. The molecule has 0 bridgehead atoms. The van der Waals surface area contributed by atoms with Gasteiger partial charge in [0.2, 0.25) is 11.9 Å². The molecular formula is C14H27N7. The maximum absolute atomic E-state index is 5.81. The lowest BCUT2D eigenvalue weighted by molar-refractivity contribution is 0.0992. The van der Waals surface area contributed by atoms with Gasteiger partial charge in [-0.1, -0.05) is 6.92 Å². The molecule has 2 rings (SSSR count). The van der Waals surface area contributed by atoms with E-state index in [1.165, 1.54) is 13.0 Å². The van der Waals surface area contributed by atoms with Crippen molar-refractivity contribution in [3.63, 3.8) is 0 Å². The van der Waals surface area contributed by atoms with Gasteiger partial charge in [0, 0.05) is 40.3 Å². The average molecular weight is 293 g/mol. The van der Waals surface area contributed by atoms with E-state index in [4.69, 9.17) is 5.73 Å². The van der Waals surface area contributed by atoms with Gasteiger partial charge in [0.05, 0.1) is 6.04 Å². The van der Waals surface area contributed by atoms with E-state index in [1.807, 2.05) is 19.0 Å². The molecule has 7 heteroatoms. The first-order valence-corrected chi connectivity index (χ1v) is 7.66. The van der Waals surface area contributed by atoms with Crippen molar-refractivity contribution in [2.24, 2.45) is 0 Å². The predicted molar refractivity (Wildman–Crippen MR) is 85.3 cm³/mol. The summed E-state index contributed by atoms with van der Waals surface area (Å²) >= 11 is 0. The molecule has 0 unspecified atom stereocenters. The second-order valence-electron chi connectivity index (χ2n) is 5.80. The summed E-state index contributed by atoms with van der Waals surface area (Å²) in [7, 11) is 3.82. The second-order valence-corrected chi connectivity index (χ2v) is 5.80. The number of hydrogen-bond donors (Lipinski definition) is 1. The fourth-order valence-electron chi connectivity index (χ4n) is 2.64. The second kappa shape index (κ2) is 7.00. The third-order valence-electron chi connectivity index (χ3n) is 3.93. The Labute approximate surface area is 127 Å². The van der Waals surface area contributed by atoms with E-state index in [0.717, 1.165) is 32.0 Å². The predicted octanol–water partition coefficient (Wildman–Crippen LogP) is 0.608. The van der Waals surface area contributed by atoms with E-state index < -0.39 is 0 Å². The molecule has 2 heterocycles. The lowest BCUT2D eigenvalue weighted by atomic mass is 10.2. The summed E-state index contributed by atoms with van der Waals surface area (Å²) in [5.74, 6) is 1.67. The minimum atomic E-state index is 0.165. The number of nitrogens with zero attached hydrogens (tertiary/aromatic N) is 6. The zero-order chi connectivity index (χ0) is 15.4. The number of rotatable bonds is 5. The van der Waals surface area contributed by atoms with Crippen LogP contribution in [0, 0.1) is 0 Å². The number of piperazine rings is 1. The Morgan fingerprint density at radius 2 is 1.81 bits per heavy atom. The zero-order valence-electron chi connectivity index (χ0n) is 13.6. The van der Waals surface area contributed by atoms with Crippen LogP contribution in [-0.2, 0) is 0 Å². The standard InChI is InChI=1S/C14H27N7/c1-5-6-20-7-9-21(10-8-20)11(2)12-16-13(15)18-14(17-12)19(3)4/h11H,5-10H2,1-4H3,(H2,15,16,17,18)/t11-/m0/s1. The third kappa shape index (κ3) is 4.01. The lowest BCUT2D eigenvalue weighted by Crippen LogP contribution is -2.47. The van der Waals surface area contributed by atoms with E-state index in [1.54, 1.807) is 0 Å². The van der Waals surface area contributed by atoms with Gasteiger partial charge in [0.15, 0.2) is 5.82 Å². The highest BCUT2D eigenvalue weighted by Crippen LogP contribution is 2.20. The molecule has 0 aromatic carbocycles. The van der Waals surface area contributed by atoms with Gasteiger partial charge >= 0.3 is 0 Å². The smallest absolute Gasteiger partial charge is 0.229 e. The Morgan fingerprint density at radius 1 is 1.14 bits per heavy atom. The van der Waals surface area contributed by atoms with Gasteiger partial charge in [-0.05, 0) is 19.9 Å². The highest BCUT2D eigenvalue weighted by atomic mass is 15.3. The van der Waals surface area contributed by atoms with Gasteiger partial charge < -0.3 is 15.5 Å². The van der Waals surface area contributed by atoms with Crippen LogP contribution in [0.5, 0.6) is 0 Å². The number of anilines is 2. The molecule has 0 saturated carbocycles. The van der Waals surface area contributed by atoms with Crippen molar-refractivity contribution in [3.8, 4) is 0 Å². The molecule has 21 heavy (non-hydrogen) atoms. The van der Waals surface area contributed by atoms with E-state index in [2.05, 4.69) is 38.6 Å². The summed E-state index contributed by atoms with van der Waals surface area (Å²) in [4.78, 5) is 19.8. The number of nitrogen functional groups attached to an aromatic ring is 1. The van der Waals surface area contributed by atoms with Crippen LogP contribution >= 0.6 is 0 Å². The Balaban J connectivity index is 2.05. The van der Waals surface area contributed by atoms with Crippen molar-refractivity contribution in [3.05, 3.63) is 5.82 Å². The Hall–Kier alpha value is -1.47. The Morgan fingerprint density at radius 3 is 2.38 bits per heavy atom. The summed E-state index contributed by atoms with van der Waals surface area (Å²) in [6.45, 7) is 9.87. The van der Waals surface area contributed by atoms with E-state index >= 15 is 0 Å². The Bertz CT molecular complexity index is 455. The van der Waals surface area contributed by atoms with Crippen molar-refractivity contribution >= 4 is 11.9 Å².